The number of halogens is 1. The lowest BCUT2D eigenvalue weighted by molar-refractivity contribution is -0.142. The minimum absolute atomic E-state index is 0.368. The second kappa shape index (κ2) is 5.61. The maximum atomic E-state index is 14.0. The maximum Gasteiger partial charge on any atom is 0.325 e. The van der Waals surface area contributed by atoms with Crippen LogP contribution in [0.15, 0.2) is 24.3 Å². The Kier molecular flexibility index (Phi) is 4.06. The number of rotatable bonds is 4. The molecule has 0 aromatic heterocycles. The number of hydrogen-bond donors (Lipinski definition) is 2. The van der Waals surface area contributed by atoms with Crippen LogP contribution in [0, 0.1) is 5.82 Å². The third kappa shape index (κ3) is 2.53. The highest BCUT2D eigenvalue weighted by molar-refractivity contribution is 5.91. The number of benzene rings is 1. The zero-order valence-electron chi connectivity index (χ0n) is 11.4. The molecule has 0 spiro atoms. The molecule has 0 aliphatic heterocycles. The van der Waals surface area contributed by atoms with Crippen molar-refractivity contribution >= 4 is 11.9 Å². The van der Waals surface area contributed by atoms with Crippen molar-refractivity contribution in [1.29, 1.82) is 0 Å². The fourth-order valence-corrected chi connectivity index (χ4v) is 2.84. The van der Waals surface area contributed by atoms with E-state index in [1.54, 1.807) is 18.2 Å². The molecule has 1 aliphatic rings. The summed E-state index contributed by atoms with van der Waals surface area (Å²) in [4.78, 5) is 23.4. The normalized spacial score (nSPS) is 18.5. The third-order valence-corrected chi connectivity index (χ3v) is 4.00. The highest BCUT2D eigenvalue weighted by Crippen LogP contribution is 2.42. The van der Waals surface area contributed by atoms with E-state index >= 15 is 0 Å². The van der Waals surface area contributed by atoms with Gasteiger partial charge in [0.25, 0.3) is 0 Å². The average molecular weight is 279 g/mol. The SMILES string of the molecule is CC(NC(=O)C1(c2ccccc2F)CCCC1)C(=O)O. The molecule has 1 unspecified atom stereocenters. The molecular weight excluding hydrogens is 261 g/mol. The van der Waals surface area contributed by atoms with Crippen LogP contribution in [0.4, 0.5) is 4.39 Å². The van der Waals surface area contributed by atoms with Gasteiger partial charge in [-0.3, -0.25) is 9.59 Å². The van der Waals surface area contributed by atoms with E-state index < -0.39 is 29.2 Å². The quantitative estimate of drug-likeness (QED) is 0.888. The molecule has 2 N–H and O–H groups in total. The number of hydrogen-bond acceptors (Lipinski definition) is 2. The van der Waals surface area contributed by atoms with Gasteiger partial charge in [0.2, 0.25) is 5.91 Å². The van der Waals surface area contributed by atoms with Crippen LogP contribution in [-0.2, 0) is 15.0 Å². The lowest BCUT2D eigenvalue weighted by Gasteiger charge is -2.29. The molecule has 108 valence electrons. The molecule has 0 heterocycles. The molecule has 20 heavy (non-hydrogen) atoms. The van der Waals surface area contributed by atoms with Gasteiger partial charge in [0.05, 0.1) is 5.41 Å². The number of carboxylic acids is 1. The van der Waals surface area contributed by atoms with E-state index in [4.69, 9.17) is 5.11 Å². The fraction of sp³-hybridized carbons (Fsp3) is 0.467. The van der Waals surface area contributed by atoms with E-state index in [9.17, 15) is 14.0 Å². The molecule has 4 nitrogen and oxygen atoms in total. The first kappa shape index (κ1) is 14.5. The minimum atomic E-state index is -1.10. The molecule has 1 aromatic carbocycles. The van der Waals surface area contributed by atoms with Crippen molar-refractivity contribution in [2.75, 3.05) is 0 Å². The third-order valence-electron chi connectivity index (χ3n) is 4.00. The highest BCUT2D eigenvalue weighted by Gasteiger charge is 2.44. The molecule has 0 saturated heterocycles. The number of carboxylic acid groups (broad SMARTS) is 1. The molecule has 1 saturated carbocycles. The van der Waals surface area contributed by atoms with E-state index in [2.05, 4.69) is 5.32 Å². The van der Waals surface area contributed by atoms with Crippen molar-refractivity contribution < 1.29 is 19.1 Å². The van der Waals surface area contributed by atoms with Crippen molar-refractivity contribution in [3.8, 4) is 0 Å². The largest absolute Gasteiger partial charge is 0.480 e. The second-order valence-corrected chi connectivity index (χ2v) is 5.30. The van der Waals surface area contributed by atoms with Crippen molar-refractivity contribution in [3.63, 3.8) is 0 Å². The summed E-state index contributed by atoms with van der Waals surface area (Å²) in [6.45, 7) is 1.41. The van der Waals surface area contributed by atoms with Crippen LogP contribution < -0.4 is 5.32 Å². The highest BCUT2D eigenvalue weighted by atomic mass is 19.1. The van der Waals surface area contributed by atoms with Crippen LogP contribution in [0.5, 0.6) is 0 Å². The number of carbonyl (C=O) groups is 2. The Morgan fingerprint density at radius 2 is 1.90 bits per heavy atom. The number of carbonyl (C=O) groups excluding carboxylic acids is 1. The Bertz CT molecular complexity index is 524. The monoisotopic (exact) mass is 279 g/mol. The molecule has 1 amide bonds. The minimum Gasteiger partial charge on any atom is -0.480 e. The van der Waals surface area contributed by atoms with E-state index in [0.29, 0.717) is 18.4 Å². The Morgan fingerprint density at radius 1 is 1.30 bits per heavy atom. The smallest absolute Gasteiger partial charge is 0.325 e. The predicted octanol–water partition coefficient (Wildman–Crippen LogP) is 2.23. The molecule has 1 aliphatic carbocycles. The second-order valence-electron chi connectivity index (χ2n) is 5.30. The summed E-state index contributed by atoms with van der Waals surface area (Å²) in [5.74, 6) is -1.90. The summed E-state index contributed by atoms with van der Waals surface area (Å²) in [5, 5.41) is 11.4. The van der Waals surface area contributed by atoms with E-state index in [0.717, 1.165) is 12.8 Å². The van der Waals surface area contributed by atoms with Gasteiger partial charge in [-0.05, 0) is 25.8 Å². The van der Waals surface area contributed by atoms with Crippen LogP contribution >= 0.6 is 0 Å². The summed E-state index contributed by atoms with van der Waals surface area (Å²) in [5.41, 5.74) is -0.567. The van der Waals surface area contributed by atoms with Crippen molar-refractivity contribution in [3.05, 3.63) is 35.6 Å². The molecule has 0 radical (unpaired) electrons. The van der Waals surface area contributed by atoms with Gasteiger partial charge >= 0.3 is 5.97 Å². The summed E-state index contributed by atoms with van der Waals surface area (Å²) in [7, 11) is 0. The zero-order chi connectivity index (χ0) is 14.8. The number of amides is 1. The zero-order valence-corrected chi connectivity index (χ0v) is 11.4. The molecule has 2 rings (SSSR count). The summed E-state index contributed by atoms with van der Waals surface area (Å²) in [6.07, 6.45) is 2.77. The van der Waals surface area contributed by atoms with Crippen LogP contribution in [0.25, 0.3) is 0 Å². The van der Waals surface area contributed by atoms with Crippen LogP contribution in [-0.4, -0.2) is 23.0 Å². The van der Waals surface area contributed by atoms with Crippen LogP contribution in [0.3, 0.4) is 0 Å². The van der Waals surface area contributed by atoms with Gasteiger partial charge in [-0.25, -0.2) is 4.39 Å². The Morgan fingerprint density at radius 3 is 2.45 bits per heavy atom. The topological polar surface area (TPSA) is 66.4 Å². The lowest BCUT2D eigenvalue weighted by atomic mass is 9.77. The standard InChI is InChI=1S/C15H18FNO3/c1-10(13(18)19)17-14(20)15(8-4-5-9-15)11-6-2-3-7-12(11)16/h2-3,6-7,10H,4-5,8-9H2,1H3,(H,17,20)(H,18,19). The lowest BCUT2D eigenvalue weighted by Crippen LogP contribution is -2.48. The van der Waals surface area contributed by atoms with Crippen molar-refractivity contribution in [1.82, 2.24) is 5.32 Å². The van der Waals surface area contributed by atoms with Crippen LogP contribution in [0.2, 0.25) is 0 Å². The van der Waals surface area contributed by atoms with Crippen molar-refractivity contribution in [2.45, 2.75) is 44.1 Å². The van der Waals surface area contributed by atoms with Crippen molar-refractivity contribution in [2.24, 2.45) is 0 Å². The van der Waals surface area contributed by atoms with E-state index in [-0.39, 0.29) is 0 Å². The van der Waals surface area contributed by atoms with Gasteiger partial charge in [0.15, 0.2) is 0 Å². The average Bonchev–Trinajstić information content (AvgIpc) is 2.89. The molecule has 1 fully saturated rings. The molecule has 1 aromatic rings. The number of nitrogens with one attached hydrogen (secondary N) is 1. The Hall–Kier alpha value is -1.91. The Labute approximate surface area is 117 Å². The molecule has 0 bridgehead atoms. The first-order valence-corrected chi connectivity index (χ1v) is 6.76. The van der Waals surface area contributed by atoms with E-state index in [1.807, 2.05) is 0 Å². The Balaban J connectivity index is 2.33. The first-order chi connectivity index (χ1) is 9.47. The van der Waals surface area contributed by atoms with Gasteiger partial charge in [0.1, 0.15) is 11.9 Å². The molecule has 1 atom stereocenters. The molecular formula is C15H18FNO3. The van der Waals surface area contributed by atoms with Gasteiger partial charge in [-0.1, -0.05) is 31.0 Å². The van der Waals surface area contributed by atoms with Gasteiger partial charge in [-0.2, -0.15) is 0 Å². The summed E-state index contributed by atoms with van der Waals surface area (Å²) < 4.78 is 14.0. The number of aliphatic carboxylic acids is 1. The molecule has 5 heteroatoms. The summed E-state index contributed by atoms with van der Waals surface area (Å²) >= 11 is 0. The van der Waals surface area contributed by atoms with Crippen LogP contribution in [0.1, 0.15) is 38.2 Å². The maximum absolute atomic E-state index is 14.0. The van der Waals surface area contributed by atoms with Gasteiger partial charge < -0.3 is 10.4 Å². The van der Waals surface area contributed by atoms with E-state index in [1.165, 1.54) is 13.0 Å². The van der Waals surface area contributed by atoms with Gasteiger partial charge in [-0.15, -0.1) is 0 Å². The summed E-state index contributed by atoms with van der Waals surface area (Å²) in [6, 6.07) is 5.26. The predicted molar refractivity (Wildman–Crippen MR) is 71.8 cm³/mol. The van der Waals surface area contributed by atoms with Gasteiger partial charge in [0, 0.05) is 5.56 Å². The first-order valence-electron chi connectivity index (χ1n) is 6.76. The fourth-order valence-electron chi connectivity index (χ4n) is 2.84.